The third kappa shape index (κ3) is 3.77. The van der Waals surface area contributed by atoms with E-state index in [1.165, 1.54) is 30.6 Å². The quantitative estimate of drug-likeness (QED) is 0.903. The molecule has 1 fully saturated rings. The molecule has 19 heavy (non-hydrogen) atoms. The van der Waals surface area contributed by atoms with E-state index in [9.17, 15) is 0 Å². The Morgan fingerprint density at radius 1 is 1.42 bits per heavy atom. The highest BCUT2D eigenvalue weighted by Gasteiger charge is 2.27. The van der Waals surface area contributed by atoms with Crippen LogP contribution in [0.15, 0.2) is 18.3 Å². The van der Waals surface area contributed by atoms with Crippen molar-refractivity contribution in [1.82, 2.24) is 15.2 Å². The lowest BCUT2D eigenvalue weighted by Crippen LogP contribution is -2.48. The highest BCUT2D eigenvalue weighted by atomic mass is 15.2. The second kappa shape index (κ2) is 6.49. The summed E-state index contributed by atoms with van der Waals surface area (Å²) < 4.78 is 0. The third-order valence-electron chi connectivity index (χ3n) is 4.29. The summed E-state index contributed by atoms with van der Waals surface area (Å²) >= 11 is 0. The zero-order valence-electron chi connectivity index (χ0n) is 12.6. The van der Waals surface area contributed by atoms with Crippen molar-refractivity contribution in [3.8, 4) is 0 Å². The van der Waals surface area contributed by atoms with Gasteiger partial charge in [-0.05, 0) is 50.9 Å². The predicted octanol–water partition coefficient (Wildman–Crippen LogP) is 2.61. The molecule has 2 heterocycles. The Balaban J connectivity index is 2.08. The summed E-state index contributed by atoms with van der Waals surface area (Å²) in [6.07, 6.45) is 5.39. The Kier molecular flexibility index (Phi) is 4.94. The summed E-state index contributed by atoms with van der Waals surface area (Å²) in [4.78, 5) is 7.15. The molecule has 3 nitrogen and oxygen atoms in total. The second-order valence-electron chi connectivity index (χ2n) is 5.87. The van der Waals surface area contributed by atoms with Gasteiger partial charge in [0.1, 0.15) is 0 Å². The summed E-state index contributed by atoms with van der Waals surface area (Å²) in [6.45, 7) is 11.2. The normalized spacial score (nSPS) is 25.2. The standard InChI is InChI=1S/C16H27N3/c1-4-14-8-6-9-17-15(14)12-19-11-7-10-18-16(3,5-2)13-19/h6,8-9,18H,4-5,7,10-13H2,1-3H3. The van der Waals surface area contributed by atoms with Crippen LogP contribution >= 0.6 is 0 Å². The van der Waals surface area contributed by atoms with E-state index in [0.717, 1.165) is 26.1 Å². The van der Waals surface area contributed by atoms with Gasteiger partial charge in [-0.25, -0.2) is 0 Å². The van der Waals surface area contributed by atoms with Gasteiger partial charge in [-0.3, -0.25) is 9.88 Å². The van der Waals surface area contributed by atoms with Crippen molar-refractivity contribution in [3.05, 3.63) is 29.6 Å². The Bertz CT molecular complexity index is 405. The molecular formula is C16H27N3. The van der Waals surface area contributed by atoms with Crippen molar-refractivity contribution in [2.45, 2.75) is 52.1 Å². The summed E-state index contributed by atoms with van der Waals surface area (Å²) in [7, 11) is 0. The molecule has 0 aromatic carbocycles. The lowest BCUT2D eigenvalue weighted by atomic mass is 9.98. The predicted molar refractivity (Wildman–Crippen MR) is 80.2 cm³/mol. The summed E-state index contributed by atoms with van der Waals surface area (Å²) in [5.41, 5.74) is 2.89. The van der Waals surface area contributed by atoms with Gasteiger partial charge in [0, 0.05) is 24.8 Å². The summed E-state index contributed by atoms with van der Waals surface area (Å²) in [5, 5.41) is 3.69. The summed E-state index contributed by atoms with van der Waals surface area (Å²) in [5.74, 6) is 0. The van der Waals surface area contributed by atoms with Gasteiger partial charge >= 0.3 is 0 Å². The number of aromatic nitrogens is 1. The lowest BCUT2D eigenvalue weighted by molar-refractivity contribution is 0.206. The molecule has 0 spiro atoms. The number of rotatable bonds is 4. The molecule has 1 unspecified atom stereocenters. The fourth-order valence-corrected chi connectivity index (χ4v) is 2.84. The molecule has 0 radical (unpaired) electrons. The zero-order chi connectivity index (χ0) is 13.7. The first-order chi connectivity index (χ1) is 9.17. The topological polar surface area (TPSA) is 28.2 Å². The van der Waals surface area contributed by atoms with Crippen LogP contribution in [0.25, 0.3) is 0 Å². The molecule has 1 aliphatic rings. The van der Waals surface area contributed by atoms with Crippen molar-refractivity contribution < 1.29 is 0 Å². The lowest BCUT2D eigenvalue weighted by Gasteiger charge is -2.32. The molecule has 1 aliphatic heterocycles. The second-order valence-corrected chi connectivity index (χ2v) is 5.87. The fourth-order valence-electron chi connectivity index (χ4n) is 2.84. The number of hydrogen-bond donors (Lipinski definition) is 1. The van der Waals surface area contributed by atoms with Crippen LogP contribution < -0.4 is 5.32 Å². The molecule has 0 amide bonds. The Labute approximate surface area is 117 Å². The van der Waals surface area contributed by atoms with Crippen LogP contribution in [-0.4, -0.2) is 35.1 Å². The molecule has 1 aromatic rings. The van der Waals surface area contributed by atoms with Gasteiger partial charge < -0.3 is 5.32 Å². The first-order valence-corrected chi connectivity index (χ1v) is 7.57. The van der Waals surface area contributed by atoms with E-state index in [2.05, 4.69) is 42.0 Å². The molecule has 1 saturated heterocycles. The first kappa shape index (κ1) is 14.5. The van der Waals surface area contributed by atoms with E-state index in [0.29, 0.717) is 0 Å². The molecule has 1 N–H and O–H groups in total. The maximum atomic E-state index is 4.59. The average Bonchev–Trinajstić information content (AvgIpc) is 2.62. The maximum absolute atomic E-state index is 4.59. The smallest absolute Gasteiger partial charge is 0.0575 e. The van der Waals surface area contributed by atoms with Crippen LogP contribution in [0.2, 0.25) is 0 Å². The highest BCUT2D eigenvalue weighted by Crippen LogP contribution is 2.18. The van der Waals surface area contributed by atoms with Crippen LogP contribution in [0, 0.1) is 0 Å². The SMILES string of the molecule is CCc1cccnc1CN1CCCNC(C)(CC)C1. The number of aryl methyl sites for hydroxylation is 1. The minimum Gasteiger partial charge on any atom is -0.310 e. The summed E-state index contributed by atoms with van der Waals surface area (Å²) in [6, 6.07) is 4.25. The zero-order valence-corrected chi connectivity index (χ0v) is 12.6. The van der Waals surface area contributed by atoms with E-state index >= 15 is 0 Å². The number of hydrogen-bond acceptors (Lipinski definition) is 3. The van der Waals surface area contributed by atoms with E-state index < -0.39 is 0 Å². The third-order valence-corrected chi connectivity index (χ3v) is 4.29. The van der Waals surface area contributed by atoms with E-state index in [4.69, 9.17) is 0 Å². The van der Waals surface area contributed by atoms with Crippen LogP contribution in [0.4, 0.5) is 0 Å². The molecule has 0 aliphatic carbocycles. The van der Waals surface area contributed by atoms with E-state index in [1.54, 1.807) is 0 Å². The van der Waals surface area contributed by atoms with Gasteiger partial charge in [0.15, 0.2) is 0 Å². The Hall–Kier alpha value is -0.930. The Morgan fingerprint density at radius 2 is 2.26 bits per heavy atom. The monoisotopic (exact) mass is 261 g/mol. The highest BCUT2D eigenvalue weighted by molar-refractivity contribution is 5.19. The molecule has 0 saturated carbocycles. The Morgan fingerprint density at radius 3 is 3.00 bits per heavy atom. The van der Waals surface area contributed by atoms with Gasteiger partial charge in [0.25, 0.3) is 0 Å². The maximum Gasteiger partial charge on any atom is 0.0575 e. The van der Waals surface area contributed by atoms with Crippen LogP contribution in [0.1, 0.15) is 44.9 Å². The van der Waals surface area contributed by atoms with Crippen LogP contribution in [-0.2, 0) is 13.0 Å². The van der Waals surface area contributed by atoms with E-state index in [1.807, 2.05) is 12.3 Å². The van der Waals surface area contributed by atoms with Crippen LogP contribution in [0.5, 0.6) is 0 Å². The molecule has 106 valence electrons. The number of nitrogens with one attached hydrogen (secondary N) is 1. The largest absolute Gasteiger partial charge is 0.310 e. The van der Waals surface area contributed by atoms with Crippen molar-refractivity contribution in [2.24, 2.45) is 0 Å². The molecular weight excluding hydrogens is 234 g/mol. The van der Waals surface area contributed by atoms with Gasteiger partial charge in [0.05, 0.1) is 5.69 Å². The van der Waals surface area contributed by atoms with E-state index in [-0.39, 0.29) is 5.54 Å². The molecule has 1 aromatic heterocycles. The van der Waals surface area contributed by atoms with Crippen molar-refractivity contribution >= 4 is 0 Å². The van der Waals surface area contributed by atoms with Gasteiger partial charge in [-0.15, -0.1) is 0 Å². The minimum absolute atomic E-state index is 0.248. The van der Waals surface area contributed by atoms with Gasteiger partial charge in [-0.1, -0.05) is 19.9 Å². The number of nitrogens with zero attached hydrogens (tertiary/aromatic N) is 2. The average molecular weight is 261 g/mol. The fraction of sp³-hybridized carbons (Fsp3) is 0.688. The molecule has 2 rings (SSSR count). The minimum atomic E-state index is 0.248. The van der Waals surface area contributed by atoms with Crippen molar-refractivity contribution in [2.75, 3.05) is 19.6 Å². The number of pyridine rings is 1. The van der Waals surface area contributed by atoms with Gasteiger partial charge in [0.2, 0.25) is 0 Å². The first-order valence-electron chi connectivity index (χ1n) is 7.57. The van der Waals surface area contributed by atoms with Crippen molar-refractivity contribution in [3.63, 3.8) is 0 Å². The van der Waals surface area contributed by atoms with Crippen LogP contribution in [0.3, 0.4) is 0 Å². The van der Waals surface area contributed by atoms with Crippen molar-refractivity contribution in [1.29, 1.82) is 0 Å². The molecule has 0 bridgehead atoms. The molecule has 1 atom stereocenters. The van der Waals surface area contributed by atoms with Gasteiger partial charge in [-0.2, -0.15) is 0 Å². The molecule has 3 heteroatoms.